The number of rotatable bonds is 7. The third kappa shape index (κ3) is 6.80. The van der Waals surface area contributed by atoms with Crippen LogP contribution in [0, 0.1) is 5.92 Å². The number of alkyl carbamates (subject to hydrolysis) is 1. The van der Waals surface area contributed by atoms with Crippen molar-refractivity contribution < 1.29 is 23.9 Å². The maximum Gasteiger partial charge on any atom is 0.408 e. The van der Waals surface area contributed by atoms with Gasteiger partial charge < -0.3 is 20.3 Å². The summed E-state index contributed by atoms with van der Waals surface area (Å²) in [6.07, 6.45) is 1.01. The SMILES string of the molecule is C=CC(=O)N(CC(=O)CNC(=O)OC(C)(C)C)C[C@@H]1CCNC1=O. The minimum absolute atomic E-state index is 0.129. The Labute approximate surface area is 141 Å². The molecular formula is C16H25N3O5. The summed E-state index contributed by atoms with van der Waals surface area (Å²) in [5.74, 6) is -1.26. The lowest BCUT2D eigenvalue weighted by molar-refractivity contribution is -0.133. The second-order valence-corrected chi connectivity index (χ2v) is 6.59. The highest BCUT2D eigenvalue weighted by Crippen LogP contribution is 2.12. The third-order valence-corrected chi connectivity index (χ3v) is 3.29. The molecule has 0 aromatic rings. The Morgan fingerprint density at radius 1 is 1.42 bits per heavy atom. The number of Topliss-reactive ketones (excluding diaryl/α,β-unsaturated/α-hetero) is 1. The molecule has 1 rings (SSSR count). The van der Waals surface area contributed by atoms with E-state index in [2.05, 4.69) is 17.2 Å². The first kappa shape index (κ1) is 19.7. The fraction of sp³-hybridized carbons (Fsp3) is 0.625. The van der Waals surface area contributed by atoms with Crippen LogP contribution in [0.25, 0.3) is 0 Å². The monoisotopic (exact) mass is 339 g/mol. The predicted molar refractivity (Wildman–Crippen MR) is 87.1 cm³/mol. The molecule has 2 N–H and O–H groups in total. The van der Waals surface area contributed by atoms with Gasteiger partial charge in [-0.05, 0) is 33.3 Å². The average molecular weight is 339 g/mol. The molecule has 1 aliphatic rings. The van der Waals surface area contributed by atoms with E-state index in [9.17, 15) is 19.2 Å². The van der Waals surface area contributed by atoms with Crippen molar-refractivity contribution in [2.45, 2.75) is 32.8 Å². The second-order valence-electron chi connectivity index (χ2n) is 6.59. The molecule has 0 unspecified atom stereocenters. The molecule has 24 heavy (non-hydrogen) atoms. The van der Waals surface area contributed by atoms with Gasteiger partial charge in [-0.1, -0.05) is 6.58 Å². The number of nitrogens with zero attached hydrogens (tertiary/aromatic N) is 1. The van der Waals surface area contributed by atoms with Crippen LogP contribution in [0.4, 0.5) is 4.79 Å². The first-order chi connectivity index (χ1) is 11.1. The number of hydrogen-bond donors (Lipinski definition) is 2. The highest BCUT2D eigenvalue weighted by Gasteiger charge is 2.28. The van der Waals surface area contributed by atoms with Crippen molar-refractivity contribution >= 4 is 23.7 Å². The van der Waals surface area contributed by atoms with E-state index in [0.717, 1.165) is 6.08 Å². The second kappa shape index (κ2) is 8.47. The summed E-state index contributed by atoms with van der Waals surface area (Å²) in [6.45, 7) is 8.80. The van der Waals surface area contributed by atoms with Crippen molar-refractivity contribution in [3.63, 3.8) is 0 Å². The summed E-state index contributed by atoms with van der Waals surface area (Å²) < 4.78 is 5.03. The van der Waals surface area contributed by atoms with Gasteiger partial charge in [0.25, 0.3) is 0 Å². The van der Waals surface area contributed by atoms with E-state index < -0.39 is 17.6 Å². The van der Waals surface area contributed by atoms with E-state index in [4.69, 9.17) is 4.74 Å². The van der Waals surface area contributed by atoms with Crippen LogP contribution < -0.4 is 10.6 Å². The Morgan fingerprint density at radius 2 is 2.08 bits per heavy atom. The lowest BCUT2D eigenvalue weighted by atomic mass is 10.1. The first-order valence-corrected chi connectivity index (χ1v) is 7.80. The fourth-order valence-electron chi connectivity index (χ4n) is 2.20. The van der Waals surface area contributed by atoms with Gasteiger partial charge in [0, 0.05) is 13.1 Å². The molecule has 1 atom stereocenters. The van der Waals surface area contributed by atoms with Gasteiger partial charge in [-0.25, -0.2) is 4.79 Å². The third-order valence-electron chi connectivity index (χ3n) is 3.29. The van der Waals surface area contributed by atoms with Gasteiger partial charge in [0.1, 0.15) is 5.60 Å². The molecule has 1 saturated heterocycles. The fourth-order valence-corrected chi connectivity index (χ4v) is 2.20. The molecule has 8 nitrogen and oxygen atoms in total. The smallest absolute Gasteiger partial charge is 0.408 e. The number of carbonyl (C=O) groups is 4. The summed E-state index contributed by atoms with van der Waals surface area (Å²) in [5.41, 5.74) is -0.659. The number of ether oxygens (including phenoxy) is 1. The Morgan fingerprint density at radius 3 is 2.58 bits per heavy atom. The van der Waals surface area contributed by atoms with Crippen LogP contribution in [-0.2, 0) is 19.1 Å². The summed E-state index contributed by atoms with van der Waals surface area (Å²) in [5, 5.41) is 5.04. The van der Waals surface area contributed by atoms with Crippen LogP contribution in [0.1, 0.15) is 27.2 Å². The van der Waals surface area contributed by atoms with Crippen molar-refractivity contribution in [1.82, 2.24) is 15.5 Å². The van der Waals surface area contributed by atoms with Crippen LogP contribution in [-0.4, -0.2) is 60.4 Å². The highest BCUT2D eigenvalue weighted by molar-refractivity contribution is 5.93. The lowest BCUT2D eigenvalue weighted by Crippen LogP contribution is -2.43. The molecule has 0 bridgehead atoms. The van der Waals surface area contributed by atoms with Gasteiger partial charge in [0.2, 0.25) is 11.8 Å². The quantitative estimate of drug-likeness (QED) is 0.646. The standard InChI is InChI=1S/C16H25N3O5/c1-5-13(21)19(9-11-6-7-17-14(11)22)10-12(20)8-18-15(23)24-16(2,3)4/h5,11H,1,6-10H2,2-4H3,(H,17,22)(H,18,23)/t11-/m0/s1. The summed E-state index contributed by atoms with van der Waals surface area (Å²) in [4.78, 5) is 48.3. The van der Waals surface area contributed by atoms with Crippen LogP contribution in [0.3, 0.4) is 0 Å². The molecule has 1 heterocycles. The van der Waals surface area contributed by atoms with E-state index in [1.165, 1.54) is 4.90 Å². The maximum atomic E-state index is 12.0. The van der Waals surface area contributed by atoms with Crippen molar-refractivity contribution in [2.75, 3.05) is 26.2 Å². The van der Waals surface area contributed by atoms with E-state index in [1.807, 2.05) is 0 Å². The average Bonchev–Trinajstić information content (AvgIpc) is 2.87. The minimum Gasteiger partial charge on any atom is -0.444 e. The van der Waals surface area contributed by atoms with Crippen molar-refractivity contribution in [3.05, 3.63) is 12.7 Å². The predicted octanol–water partition coefficient (Wildman–Crippen LogP) is 0.231. The highest BCUT2D eigenvalue weighted by atomic mass is 16.6. The number of ketones is 1. The Hall–Kier alpha value is -2.38. The number of nitrogens with one attached hydrogen (secondary N) is 2. The van der Waals surface area contributed by atoms with Gasteiger partial charge in [-0.2, -0.15) is 0 Å². The molecule has 3 amide bonds. The topological polar surface area (TPSA) is 105 Å². The molecule has 0 aliphatic carbocycles. The van der Waals surface area contributed by atoms with Crippen LogP contribution in [0.15, 0.2) is 12.7 Å². The Balaban J connectivity index is 2.52. The lowest BCUT2D eigenvalue weighted by Gasteiger charge is -2.23. The molecule has 134 valence electrons. The zero-order valence-electron chi connectivity index (χ0n) is 14.4. The van der Waals surface area contributed by atoms with Gasteiger partial charge >= 0.3 is 6.09 Å². The largest absolute Gasteiger partial charge is 0.444 e. The molecular weight excluding hydrogens is 314 g/mol. The normalized spacial score (nSPS) is 17.0. The zero-order chi connectivity index (χ0) is 18.3. The van der Waals surface area contributed by atoms with Gasteiger partial charge in [-0.3, -0.25) is 14.4 Å². The van der Waals surface area contributed by atoms with Crippen molar-refractivity contribution in [2.24, 2.45) is 5.92 Å². The van der Waals surface area contributed by atoms with E-state index in [0.29, 0.717) is 13.0 Å². The Kier molecular flexibility index (Phi) is 6.94. The number of amides is 3. The number of carbonyl (C=O) groups excluding carboxylic acids is 4. The maximum absolute atomic E-state index is 12.0. The summed E-state index contributed by atoms with van der Waals surface area (Å²) in [7, 11) is 0. The molecule has 0 radical (unpaired) electrons. The summed E-state index contributed by atoms with van der Waals surface area (Å²) >= 11 is 0. The van der Waals surface area contributed by atoms with Crippen LogP contribution in [0.2, 0.25) is 0 Å². The molecule has 0 spiro atoms. The van der Waals surface area contributed by atoms with E-state index in [-0.39, 0.29) is 37.2 Å². The van der Waals surface area contributed by atoms with E-state index >= 15 is 0 Å². The number of hydrogen-bond acceptors (Lipinski definition) is 5. The molecule has 8 heteroatoms. The van der Waals surface area contributed by atoms with Crippen molar-refractivity contribution in [3.8, 4) is 0 Å². The first-order valence-electron chi connectivity index (χ1n) is 7.80. The van der Waals surface area contributed by atoms with Gasteiger partial charge in [0.05, 0.1) is 19.0 Å². The van der Waals surface area contributed by atoms with Crippen molar-refractivity contribution in [1.29, 1.82) is 0 Å². The van der Waals surface area contributed by atoms with Crippen LogP contribution >= 0.6 is 0 Å². The molecule has 0 aromatic heterocycles. The van der Waals surface area contributed by atoms with Crippen LogP contribution in [0.5, 0.6) is 0 Å². The summed E-state index contributed by atoms with van der Waals surface area (Å²) in [6, 6.07) is 0. The van der Waals surface area contributed by atoms with E-state index in [1.54, 1.807) is 20.8 Å². The zero-order valence-corrected chi connectivity index (χ0v) is 14.4. The molecule has 1 aliphatic heterocycles. The minimum atomic E-state index is -0.701. The molecule has 1 fully saturated rings. The molecule has 0 saturated carbocycles. The van der Waals surface area contributed by atoms with Gasteiger partial charge in [0.15, 0.2) is 5.78 Å². The molecule has 0 aromatic carbocycles. The van der Waals surface area contributed by atoms with Gasteiger partial charge in [-0.15, -0.1) is 0 Å². The Bertz CT molecular complexity index is 524.